The molecule has 2 N–H and O–H groups in total. The molecule has 0 amide bonds. The Morgan fingerprint density at radius 3 is 2.42 bits per heavy atom. The molecule has 0 saturated heterocycles. The molecule has 0 spiro atoms. The van der Waals surface area contributed by atoms with E-state index in [2.05, 4.69) is 31.8 Å². The number of nitrogens with two attached hydrogens (primary N) is 1. The van der Waals surface area contributed by atoms with E-state index >= 15 is 0 Å². The second-order valence-corrected chi connectivity index (χ2v) is 6.67. The fourth-order valence-electron chi connectivity index (χ4n) is 1.96. The molecule has 0 radical (unpaired) electrons. The van der Waals surface area contributed by atoms with Gasteiger partial charge in [0.25, 0.3) is 0 Å². The Labute approximate surface area is 117 Å². The van der Waals surface area contributed by atoms with E-state index in [1.165, 1.54) is 10.4 Å². The largest absolute Gasteiger partial charge is 0.375 e. The molecule has 3 nitrogen and oxygen atoms in total. The van der Waals surface area contributed by atoms with Crippen LogP contribution in [0.2, 0.25) is 0 Å². The van der Waals surface area contributed by atoms with Crippen LogP contribution in [0.4, 0.5) is 5.13 Å². The number of anilines is 1. The summed E-state index contributed by atoms with van der Waals surface area (Å²) in [6.45, 7) is 6.43. The van der Waals surface area contributed by atoms with Gasteiger partial charge in [-0.3, -0.25) is 0 Å². The summed E-state index contributed by atoms with van der Waals surface area (Å²) in [6, 6.07) is 9.79. The summed E-state index contributed by atoms with van der Waals surface area (Å²) in [5.74, 6) is 0. The van der Waals surface area contributed by atoms with Crippen LogP contribution in [0.5, 0.6) is 0 Å². The number of nitrogens with zero attached hydrogens (tertiary/aromatic N) is 2. The average molecular weight is 271 g/mol. The highest BCUT2D eigenvalue weighted by atomic mass is 32.1. The minimum atomic E-state index is -0.00392. The number of thiazole rings is 1. The van der Waals surface area contributed by atoms with Crippen molar-refractivity contribution >= 4 is 16.5 Å². The van der Waals surface area contributed by atoms with Crippen molar-refractivity contribution in [1.82, 2.24) is 4.98 Å². The lowest BCUT2D eigenvalue weighted by Gasteiger charge is -2.17. The highest BCUT2D eigenvalue weighted by Gasteiger charge is 2.22. The molecule has 19 heavy (non-hydrogen) atoms. The smallest absolute Gasteiger partial charge is 0.180 e. The van der Waals surface area contributed by atoms with E-state index in [1.54, 1.807) is 11.3 Å². The number of aromatic nitrogens is 1. The molecule has 4 heteroatoms. The van der Waals surface area contributed by atoms with Gasteiger partial charge in [-0.05, 0) is 17.7 Å². The lowest BCUT2D eigenvalue weighted by molar-refractivity contribution is 0.568. The standard InChI is InChI=1S/C15H17N3S/c1-15(2,3)13-12(19-14(17)18-13)8-10-4-6-11(9-16)7-5-10/h4-7H,8H2,1-3H3,(H2,17,18). The highest BCUT2D eigenvalue weighted by Crippen LogP contribution is 2.32. The first kappa shape index (κ1) is 13.6. The predicted molar refractivity (Wildman–Crippen MR) is 79.2 cm³/mol. The molecule has 0 fully saturated rings. The van der Waals surface area contributed by atoms with E-state index in [-0.39, 0.29) is 5.41 Å². The second-order valence-electron chi connectivity index (χ2n) is 5.56. The predicted octanol–water partition coefficient (Wildman–Crippen LogP) is 3.49. The number of hydrogen-bond acceptors (Lipinski definition) is 4. The van der Waals surface area contributed by atoms with Crippen molar-refractivity contribution in [2.24, 2.45) is 0 Å². The fraction of sp³-hybridized carbons (Fsp3) is 0.333. The van der Waals surface area contributed by atoms with Gasteiger partial charge in [-0.15, -0.1) is 11.3 Å². The number of nitriles is 1. The summed E-state index contributed by atoms with van der Waals surface area (Å²) in [5, 5.41) is 9.42. The summed E-state index contributed by atoms with van der Waals surface area (Å²) >= 11 is 1.55. The SMILES string of the molecule is CC(C)(C)c1nc(N)sc1Cc1ccc(C#N)cc1. The van der Waals surface area contributed by atoms with Crippen LogP contribution in [0.3, 0.4) is 0 Å². The van der Waals surface area contributed by atoms with Crippen LogP contribution >= 0.6 is 11.3 Å². The fourth-order valence-corrected chi connectivity index (χ4v) is 3.03. The number of hydrogen-bond donors (Lipinski definition) is 1. The molecule has 98 valence electrons. The monoisotopic (exact) mass is 271 g/mol. The first-order valence-corrected chi connectivity index (χ1v) is 6.96. The van der Waals surface area contributed by atoms with Gasteiger partial charge in [0, 0.05) is 16.7 Å². The summed E-state index contributed by atoms with van der Waals surface area (Å²) in [4.78, 5) is 5.66. The Morgan fingerprint density at radius 2 is 1.89 bits per heavy atom. The minimum Gasteiger partial charge on any atom is -0.375 e. The van der Waals surface area contributed by atoms with Gasteiger partial charge in [-0.2, -0.15) is 5.26 Å². The van der Waals surface area contributed by atoms with Crippen molar-refractivity contribution < 1.29 is 0 Å². The average Bonchev–Trinajstić information content (AvgIpc) is 2.71. The van der Waals surface area contributed by atoms with E-state index in [0.29, 0.717) is 10.7 Å². The zero-order valence-corrected chi connectivity index (χ0v) is 12.2. The van der Waals surface area contributed by atoms with Gasteiger partial charge in [0.2, 0.25) is 0 Å². The Morgan fingerprint density at radius 1 is 1.26 bits per heavy atom. The third kappa shape index (κ3) is 3.12. The molecule has 0 aliphatic heterocycles. The maximum Gasteiger partial charge on any atom is 0.180 e. The Hall–Kier alpha value is -1.86. The summed E-state index contributed by atoms with van der Waals surface area (Å²) < 4.78 is 0. The van der Waals surface area contributed by atoms with Crippen molar-refractivity contribution in [1.29, 1.82) is 5.26 Å². The minimum absolute atomic E-state index is 0.00392. The molecule has 0 aliphatic carbocycles. The molecule has 0 aliphatic rings. The van der Waals surface area contributed by atoms with Crippen LogP contribution in [0.15, 0.2) is 24.3 Å². The van der Waals surface area contributed by atoms with E-state index in [1.807, 2.05) is 24.3 Å². The van der Waals surface area contributed by atoms with Crippen LogP contribution in [-0.4, -0.2) is 4.98 Å². The third-order valence-electron chi connectivity index (χ3n) is 2.87. The lowest BCUT2D eigenvalue weighted by Crippen LogP contribution is -2.14. The number of nitrogen functional groups attached to an aromatic ring is 1. The van der Waals surface area contributed by atoms with Crippen LogP contribution in [-0.2, 0) is 11.8 Å². The van der Waals surface area contributed by atoms with Crippen molar-refractivity contribution in [2.75, 3.05) is 5.73 Å². The van der Waals surface area contributed by atoms with Crippen molar-refractivity contribution in [3.05, 3.63) is 46.0 Å². The molecular formula is C15H17N3S. The molecule has 1 aromatic carbocycles. The van der Waals surface area contributed by atoms with Gasteiger partial charge in [0.15, 0.2) is 5.13 Å². The van der Waals surface area contributed by atoms with Crippen molar-refractivity contribution in [2.45, 2.75) is 32.6 Å². The zero-order valence-electron chi connectivity index (χ0n) is 11.4. The summed E-state index contributed by atoms with van der Waals surface area (Å²) in [7, 11) is 0. The van der Waals surface area contributed by atoms with Crippen LogP contribution < -0.4 is 5.73 Å². The van der Waals surface area contributed by atoms with Gasteiger partial charge >= 0.3 is 0 Å². The van der Waals surface area contributed by atoms with Gasteiger partial charge in [-0.25, -0.2) is 4.98 Å². The number of benzene rings is 1. The third-order valence-corrected chi connectivity index (χ3v) is 3.76. The van der Waals surface area contributed by atoms with E-state index < -0.39 is 0 Å². The van der Waals surface area contributed by atoms with E-state index in [4.69, 9.17) is 11.0 Å². The maximum absolute atomic E-state index is 8.80. The molecule has 2 aromatic rings. The topological polar surface area (TPSA) is 62.7 Å². The lowest BCUT2D eigenvalue weighted by atomic mass is 9.90. The van der Waals surface area contributed by atoms with Gasteiger partial charge in [0.05, 0.1) is 17.3 Å². The summed E-state index contributed by atoms with van der Waals surface area (Å²) in [6.07, 6.45) is 0.813. The first-order chi connectivity index (χ1) is 8.90. The van der Waals surface area contributed by atoms with Gasteiger partial charge < -0.3 is 5.73 Å². The molecule has 2 rings (SSSR count). The Balaban J connectivity index is 2.30. The van der Waals surface area contributed by atoms with Crippen LogP contribution in [0, 0.1) is 11.3 Å². The van der Waals surface area contributed by atoms with Gasteiger partial charge in [-0.1, -0.05) is 32.9 Å². The van der Waals surface area contributed by atoms with Crippen LogP contribution in [0.25, 0.3) is 0 Å². The van der Waals surface area contributed by atoms with Crippen molar-refractivity contribution in [3.8, 4) is 6.07 Å². The van der Waals surface area contributed by atoms with E-state index in [0.717, 1.165) is 12.1 Å². The number of rotatable bonds is 2. The maximum atomic E-state index is 8.80. The molecule has 0 bridgehead atoms. The molecule has 0 atom stereocenters. The van der Waals surface area contributed by atoms with E-state index in [9.17, 15) is 0 Å². The zero-order chi connectivity index (χ0) is 14.0. The Bertz CT molecular complexity index is 612. The molecule has 1 aromatic heterocycles. The molecule has 1 heterocycles. The molecular weight excluding hydrogens is 254 g/mol. The molecule has 0 unspecified atom stereocenters. The summed E-state index contributed by atoms with van der Waals surface area (Å²) in [5.41, 5.74) is 8.76. The Kier molecular flexibility index (Phi) is 3.59. The quantitative estimate of drug-likeness (QED) is 0.909. The first-order valence-electron chi connectivity index (χ1n) is 6.15. The van der Waals surface area contributed by atoms with Crippen molar-refractivity contribution in [3.63, 3.8) is 0 Å². The molecule has 0 saturated carbocycles. The second kappa shape index (κ2) is 5.02. The normalized spacial score (nSPS) is 11.3. The van der Waals surface area contributed by atoms with Gasteiger partial charge in [0.1, 0.15) is 0 Å². The highest BCUT2D eigenvalue weighted by molar-refractivity contribution is 7.15. The van der Waals surface area contributed by atoms with Crippen LogP contribution in [0.1, 0.15) is 42.5 Å².